The molecule has 172 valence electrons. The van der Waals surface area contributed by atoms with Crippen LogP contribution in [0.5, 0.6) is 0 Å². The zero-order valence-corrected chi connectivity index (χ0v) is 20.8. The van der Waals surface area contributed by atoms with E-state index in [4.69, 9.17) is 0 Å². The normalized spacial score (nSPS) is 40.9. The van der Waals surface area contributed by atoms with Crippen molar-refractivity contribution in [2.45, 2.75) is 116 Å². The van der Waals surface area contributed by atoms with Crippen molar-refractivity contribution < 1.29 is 0 Å². The molecular weight excluding hydrogens is 388 g/mol. The number of rotatable bonds is 4. The van der Waals surface area contributed by atoms with Crippen LogP contribution in [0.15, 0.2) is 23.5 Å². The van der Waals surface area contributed by atoms with Crippen LogP contribution in [0, 0.1) is 23.2 Å². The Bertz CT molecular complexity index is 1020. The van der Waals surface area contributed by atoms with Crippen molar-refractivity contribution in [1.29, 1.82) is 0 Å². The molecule has 0 N–H and O–H groups in total. The summed E-state index contributed by atoms with van der Waals surface area (Å²) in [7, 11) is 0. The fourth-order valence-corrected chi connectivity index (χ4v) is 10.3. The van der Waals surface area contributed by atoms with Crippen molar-refractivity contribution in [3.05, 3.63) is 46.1 Å². The summed E-state index contributed by atoms with van der Waals surface area (Å²) in [5.41, 5.74) is 11.1. The Balaban J connectivity index is 1.50. The molecule has 1 saturated carbocycles. The summed E-state index contributed by atoms with van der Waals surface area (Å²) >= 11 is 0. The molecule has 32 heavy (non-hydrogen) atoms. The summed E-state index contributed by atoms with van der Waals surface area (Å²) in [4.78, 5) is 2.89. The van der Waals surface area contributed by atoms with Gasteiger partial charge in [0.15, 0.2) is 0 Å². The van der Waals surface area contributed by atoms with E-state index in [0.29, 0.717) is 11.3 Å². The van der Waals surface area contributed by atoms with Crippen molar-refractivity contribution in [2.75, 3.05) is 0 Å². The average Bonchev–Trinajstić information content (AvgIpc) is 3.59. The van der Waals surface area contributed by atoms with Gasteiger partial charge in [0.25, 0.3) is 0 Å². The highest BCUT2D eigenvalue weighted by Crippen LogP contribution is 2.74. The van der Waals surface area contributed by atoms with Gasteiger partial charge >= 0.3 is 0 Å². The second-order valence-electron chi connectivity index (χ2n) is 11.9. The number of allylic oxidation sites excluding steroid dienone is 3. The molecule has 0 radical (unpaired) electrons. The Kier molecular flexibility index (Phi) is 4.24. The van der Waals surface area contributed by atoms with E-state index < -0.39 is 0 Å². The monoisotopic (exact) mass is 430 g/mol. The van der Waals surface area contributed by atoms with Crippen LogP contribution < -0.4 is 0 Å². The van der Waals surface area contributed by atoms with Crippen LogP contribution in [-0.2, 0) is 19.3 Å². The smallest absolute Gasteiger partial charge is 0.0374 e. The van der Waals surface area contributed by atoms with E-state index in [1.54, 1.807) is 28.3 Å². The first-order valence-electron chi connectivity index (χ1n) is 14.1. The van der Waals surface area contributed by atoms with Gasteiger partial charge in [0.1, 0.15) is 0 Å². The van der Waals surface area contributed by atoms with Gasteiger partial charge in [-0.25, -0.2) is 0 Å². The Labute approximate surface area is 195 Å². The van der Waals surface area contributed by atoms with E-state index in [2.05, 4.69) is 49.3 Å². The van der Waals surface area contributed by atoms with Crippen molar-refractivity contribution in [2.24, 2.45) is 23.2 Å². The zero-order chi connectivity index (χ0) is 21.8. The number of hydrogen-bond acceptors (Lipinski definition) is 1. The van der Waals surface area contributed by atoms with E-state index in [9.17, 15) is 0 Å². The Morgan fingerprint density at radius 2 is 1.84 bits per heavy atom. The summed E-state index contributed by atoms with van der Waals surface area (Å²) < 4.78 is 2.90. The predicted octanol–water partition coefficient (Wildman–Crippen LogP) is 7.30. The molecule has 1 saturated heterocycles. The van der Waals surface area contributed by atoms with E-state index >= 15 is 0 Å². The Hall–Kier alpha value is -1.44. The molecular formula is C30H42N2. The highest BCUT2D eigenvalue weighted by atomic mass is 15.3. The first kappa shape index (κ1) is 20.0. The van der Waals surface area contributed by atoms with Crippen LogP contribution in [0.4, 0.5) is 0 Å². The minimum absolute atomic E-state index is 0.334. The van der Waals surface area contributed by atoms with Crippen LogP contribution in [0.3, 0.4) is 0 Å². The summed E-state index contributed by atoms with van der Waals surface area (Å²) in [5, 5.41) is 0. The molecule has 0 amide bonds. The molecule has 1 aromatic heterocycles. The molecule has 0 aromatic carbocycles. The van der Waals surface area contributed by atoms with Gasteiger partial charge in [-0.3, -0.25) is 0 Å². The van der Waals surface area contributed by atoms with Crippen LogP contribution in [0.2, 0.25) is 0 Å². The molecule has 1 aliphatic carbocycles. The molecule has 6 aliphatic rings. The molecule has 0 spiro atoms. The van der Waals surface area contributed by atoms with Crippen molar-refractivity contribution in [1.82, 2.24) is 9.47 Å². The molecule has 7 atom stereocenters. The molecule has 2 heteroatoms. The first-order chi connectivity index (χ1) is 15.7. The fourth-order valence-electron chi connectivity index (χ4n) is 10.3. The van der Waals surface area contributed by atoms with Gasteiger partial charge in [0, 0.05) is 52.1 Å². The molecule has 1 aromatic rings. The molecule has 5 aliphatic heterocycles. The summed E-state index contributed by atoms with van der Waals surface area (Å²) in [5.74, 6) is 3.06. The minimum atomic E-state index is 0.334. The molecule has 2 fully saturated rings. The van der Waals surface area contributed by atoms with Crippen LogP contribution in [-0.4, -0.2) is 15.5 Å². The highest BCUT2D eigenvalue weighted by molar-refractivity contribution is 5.52. The maximum Gasteiger partial charge on any atom is 0.0374 e. The van der Waals surface area contributed by atoms with Gasteiger partial charge in [-0.1, -0.05) is 46.3 Å². The van der Waals surface area contributed by atoms with Gasteiger partial charge in [-0.15, -0.1) is 0 Å². The van der Waals surface area contributed by atoms with Gasteiger partial charge in [0.05, 0.1) is 0 Å². The number of aromatic nitrogens is 1. The highest BCUT2D eigenvalue weighted by Gasteiger charge is 2.68. The van der Waals surface area contributed by atoms with Gasteiger partial charge in [-0.05, 0) is 87.2 Å². The summed E-state index contributed by atoms with van der Waals surface area (Å²) in [6.07, 6.45) is 20.1. The maximum absolute atomic E-state index is 2.90. The largest absolute Gasteiger partial charge is 0.345 e. The predicted molar refractivity (Wildman–Crippen MR) is 132 cm³/mol. The molecule has 6 heterocycles. The number of hydrogen-bond donors (Lipinski definition) is 0. The lowest BCUT2D eigenvalue weighted by Gasteiger charge is -2.42. The number of nitrogens with zero attached hydrogens (tertiary/aromatic N) is 2. The van der Waals surface area contributed by atoms with E-state index in [1.165, 1.54) is 70.6 Å². The summed E-state index contributed by atoms with van der Waals surface area (Å²) in [6, 6.07) is 1.58. The SMILES string of the molecule is CCc1c([C@H]2[C@H](C)[C@@H](CC)[C@@H]3C4=CC[C@H]5CCC=C(N45)[C@@]32CC)c2n3c1CC[C@H]3CCC2. The van der Waals surface area contributed by atoms with Crippen molar-refractivity contribution in [3.8, 4) is 0 Å². The Morgan fingerprint density at radius 3 is 2.62 bits per heavy atom. The van der Waals surface area contributed by atoms with E-state index in [0.717, 1.165) is 29.8 Å². The first-order valence-corrected chi connectivity index (χ1v) is 14.1. The van der Waals surface area contributed by atoms with Gasteiger partial charge in [-0.2, -0.15) is 0 Å². The number of fused-ring (bicyclic) bond motifs is 3. The summed E-state index contributed by atoms with van der Waals surface area (Å²) in [6.45, 7) is 10.1. The van der Waals surface area contributed by atoms with E-state index in [-0.39, 0.29) is 0 Å². The molecule has 2 nitrogen and oxygen atoms in total. The van der Waals surface area contributed by atoms with E-state index in [1.807, 2.05) is 5.56 Å². The van der Waals surface area contributed by atoms with Crippen LogP contribution in [0.25, 0.3) is 0 Å². The van der Waals surface area contributed by atoms with Crippen molar-refractivity contribution >= 4 is 0 Å². The average molecular weight is 431 g/mol. The maximum atomic E-state index is 2.90. The molecule has 7 rings (SSSR count). The molecule has 0 unspecified atom stereocenters. The lowest BCUT2D eigenvalue weighted by molar-refractivity contribution is 0.220. The van der Waals surface area contributed by atoms with Crippen LogP contribution in [0.1, 0.15) is 114 Å². The standard InChI is InChI=1S/C30H42N2/c1-5-21-18(4)28(27-22(6-2)23-16-14-19-10-8-12-24(27)31(19)23)30(7-3)26-13-9-11-20-15-17-25(29(21)30)32(20)26/h13,17-21,28-29H,5-12,14-16H2,1-4H3/t18-,19-,20-,21-,28-,29-,30-/m1/s1. The fraction of sp³-hybridized carbons (Fsp3) is 0.733. The third kappa shape index (κ3) is 2.10. The Morgan fingerprint density at radius 1 is 0.969 bits per heavy atom. The second kappa shape index (κ2) is 6.80. The van der Waals surface area contributed by atoms with Gasteiger partial charge < -0.3 is 9.47 Å². The quantitative estimate of drug-likeness (QED) is 0.487. The third-order valence-electron chi connectivity index (χ3n) is 11.2. The lowest BCUT2D eigenvalue weighted by Crippen LogP contribution is -2.37. The zero-order valence-electron chi connectivity index (χ0n) is 20.8. The third-order valence-corrected chi connectivity index (χ3v) is 11.2. The second-order valence-corrected chi connectivity index (χ2v) is 11.9. The van der Waals surface area contributed by atoms with Gasteiger partial charge in [0.2, 0.25) is 0 Å². The topological polar surface area (TPSA) is 8.17 Å². The lowest BCUT2D eigenvalue weighted by atomic mass is 9.64. The molecule has 0 bridgehead atoms. The van der Waals surface area contributed by atoms with Crippen molar-refractivity contribution in [3.63, 3.8) is 0 Å². The van der Waals surface area contributed by atoms with Crippen LogP contribution >= 0.6 is 0 Å². The minimum Gasteiger partial charge on any atom is -0.345 e.